The zero-order valence-corrected chi connectivity index (χ0v) is 9.05. The van der Waals surface area contributed by atoms with E-state index in [1.165, 1.54) is 0 Å². The van der Waals surface area contributed by atoms with E-state index in [9.17, 15) is 5.11 Å². The van der Waals surface area contributed by atoms with E-state index in [0.717, 1.165) is 11.1 Å². The highest BCUT2D eigenvalue weighted by atomic mass is 16.3. The standard InChI is InChI=1S/C12H15NO/c1-8-5-6-10(12(2,3)4)11(14)9(8)7-13/h5-6,14H,1-4H3. The molecule has 1 aromatic carbocycles. The van der Waals surface area contributed by atoms with E-state index in [4.69, 9.17) is 5.26 Å². The summed E-state index contributed by atoms with van der Waals surface area (Å²) in [6.07, 6.45) is 0. The Morgan fingerprint density at radius 3 is 2.29 bits per heavy atom. The molecule has 1 rings (SSSR count). The van der Waals surface area contributed by atoms with E-state index < -0.39 is 0 Å². The van der Waals surface area contributed by atoms with Crippen LogP contribution in [0.3, 0.4) is 0 Å². The van der Waals surface area contributed by atoms with Crippen LogP contribution in [-0.2, 0) is 5.41 Å². The molecule has 0 fully saturated rings. The number of aromatic hydroxyl groups is 1. The van der Waals surface area contributed by atoms with Crippen LogP contribution in [0.2, 0.25) is 0 Å². The molecule has 0 spiro atoms. The first-order valence-corrected chi connectivity index (χ1v) is 4.61. The van der Waals surface area contributed by atoms with Gasteiger partial charge in [0.05, 0.1) is 5.56 Å². The summed E-state index contributed by atoms with van der Waals surface area (Å²) in [4.78, 5) is 0. The number of hydrogen-bond donors (Lipinski definition) is 1. The molecule has 0 saturated carbocycles. The molecule has 0 aromatic heterocycles. The van der Waals surface area contributed by atoms with Gasteiger partial charge < -0.3 is 5.11 Å². The van der Waals surface area contributed by atoms with Gasteiger partial charge in [0.2, 0.25) is 0 Å². The van der Waals surface area contributed by atoms with Crippen molar-refractivity contribution >= 4 is 0 Å². The first-order valence-electron chi connectivity index (χ1n) is 4.61. The summed E-state index contributed by atoms with van der Waals surface area (Å²) >= 11 is 0. The molecule has 0 heterocycles. The fourth-order valence-corrected chi connectivity index (χ4v) is 1.44. The second-order valence-electron chi connectivity index (χ2n) is 4.52. The summed E-state index contributed by atoms with van der Waals surface area (Å²) in [5.41, 5.74) is 1.89. The van der Waals surface area contributed by atoms with Gasteiger partial charge in [-0.05, 0) is 17.9 Å². The van der Waals surface area contributed by atoms with Crippen LogP contribution in [0.5, 0.6) is 5.75 Å². The van der Waals surface area contributed by atoms with Gasteiger partial charge in [-0.15, -0.1) is 0 Å². The van der Waals surface area contributed by atoms with Crippen molar-refractivity contribution in [2.24, 2.45) is 0 Å². The molecule has 74 valence electrons. The van der Waals surface area contributed by atoms with Gasteiger partial charge >= 0.3 is 0 Å². The minimum absolute atomic E-state index is 0.125. The van der Waals surface area contributed by atoms with Crippen molar-refractivity contribution in [3.8, 4) is 11.8 Å². The van der Waals surface area contributed by atoms with Crippen molar-refractivity contribution in [2.75, 3.05) is 0 Å². The van der Waals surface area contributed by atoms with Crippen LogP contribution in [-0.4, -0.2) is 5.11 Å². The third kappa shape index (κ3) is 1.72. The van der Waals surface area contributed by atoms with Gasteiger partial charge in [-0.25, -0.2) is 0 Å². The number of nitriles is 1. The van der Waals surface area contributed by atoms with Gasteiger partial charge in [0, 0.05) is 5.56 Å². The SMILES string of the molecule is Cc1ccc(C(C)(C)C)c(O)c1C#N. The Morgan fingerprint density at radius 1 is 1.29 bits per heavy atom. The number of benzene rings is 1. The summed E-state index contributed by atoms with van der Waals surface area (Å²) in [6, 6.07) is 5.78. The average Bonchev–Trinajstić information content (AvgIpc) is 2.02. The van der Waals surface area contributed by atoms with E-state index in [1.807, 2.05) is 45.9 Å². The molecule has 1 N–H and O–H groups in total. The molecule has 0 aliphatic carbocycles. The van der Waals surface area contributed by atoms with Crippen molar-refractivity contribution in [1.82, 2.24) is 0 Å². The van der Waals surface area contributed by atoms with Crippen molar-refractivity contribution < 1.29 is 5.11 Å². The van der Waals surface area contributed by atoms with E-state index in [-0.39, 0.29) is 11.2 Å². The second-order valence-corrected chi connectivity index (χ2v) is 4.52. The maximum Gasteiger partial charge on any atom is 0.137 e. The number of rotatable bonds is 0. The molecule has 0 atom stereocenters. The van der Waals surface area contributed by atoms with Gasteiger partial charge in [-0.2, -0.15) is 5.26 Å². The monoisotopic (exact) mass is 189 g/mol. The molecule has 2 nitrogen and oxygen atoms in total. The molecule has 14 heavy (non-hydrogen) atoms. The van der Waals surface area contributed by atoms with Gasteiger partial charge in [0.15, 0.2) is 0 Å². The third-order valence-corrected chi connectivity index (χ3v) is 2.31. The predicted molar refractivity (Wildman–Crippen MR) is 56.3 cm³/mol. The molecule has 2 heteroatoms. The Balaban J connectivity index is 3.46. The Kier molecular flexibility index (Phi) is 2.53. The fraction of sp³-hybridized carbons (Fsp3) is 0.417. The predicted octanol–water partition coefficient (Wildman–Crippen LogP) is 2.87. The van der Waals surface area contributed by atoms with Crippen molar-refractivity contribution in [2.45, 2.75) is 33.1 Å². The Hall–Kier alpha value is -1.49. The van der Waals surface area contributed by atoms with Crippen LogP contribution in [0.4, 0.5) is 0 Å². The lowest BCUT2D eigenvalue weighted by atomic mass is 9.84. The van der Waals surface area contributed by atoms with Gasteiger partial charge in [0.25, 0.3) is 0 Å². The Labute approximate surface area is 84.8 Å². The van der Waals surface area contributed by atoms with Crippen molar-refractivity contribution in [3.05, 3.63) is 28.8 Å². The highest BCUT2D eigenvalue weighted by Crippen LogP contribution is 2.34. The largest absolute Gasteiger partial charge is 0.506 e. The van der Waals surface area contributed by atoms with Gasteiger partial charge in [0.1, 0.15) is 11.8 Å². The smallest absolute Gasteiger partial charge is 0.137 e. The average molecular weight is 189 g/mol. The van der Waals surface area contributed by atoms with Gasteiger partial charge in [-0.1, -0.05) is 32.9 Å². The highest BCUT2D eigenvalue weighted by molar-refractivity contribution is 5.53. The van der Waals surface area contributed by atoms with E-state index in [0.29, 0.717) is 5.56 Å². The maximum atomic E-state index is 9.88. The van der Waals surface area contributed by atoms with Crippen LogP contribution in [0.25, 0.3) is 0 Å². The summed E-state index contributed by atoms with van der Waals surface area (Å²) in [5, 5.41) is 18.8. The van der Waals surface area contributed by atoms with Crippen molar-refractivity contribution in [1.29, 1.82) is 5.26 Å². The number of phenolic OH excluding ortho intramolecular Hbond substituents is 1. The third-order valence-electron chi connectivity index (χ3n) is 2.31. The van der Waals surface area contributed by atoms with Crippen LogP contribution >= 0.6 is 0 Å². The van der Waals surface area contributed by atoms with E-state index in [2.05, 4.69) is 0 Å². The minimum atomic E-state index is -0.136. The zero-order chi connectivity index (χ0) is 10.9. The summed E-state index contributed by atoms with van der Waals surface area (Å²) in [5.74, 6) is 0.125. The molecule has 0 unspecified atom stereocenters. The van der Waals surface area contributed by atoms with Crippen LogP contribution in [0, 0.1) is 18.3 Å². The molecule has 0 bridgehead atoms. The fourth-order valence-electron chi connectivity index (χ4n) is 1.44. The van der Waals surface area contributed by atoms with E-state index >= 15 is 0 Å². The quantitative estimate of drug-likeness (QED) is 0.682. The minimum Gasteiger partial charge on any atom is -0.506 e. The molecule has 0 aliphatic heterocycles. The van der Waals surface area contributed by atoms with Crippen LogP contribution in [0.15, 0.2) is 12.1 Å². The lowest BCUT2D eigenvalue weighted by Gasteiger charge is -2.21. The maximum absolute atomic E-state index is 9.88. The van der Waals surface area contributed by atoms with E-state index in [1.54, 1.807) is 0 Å². The van der Waals surface area contributed by atoms with Crippen LogP contribution in [0.1, 0.15) is 37.5 Å². The highest BCUT2D eigenvalue weighted by Gasteiger charge is 2.20. The Morgan fingerprint density at radius 2 is 1.86 bits per heavy atom. The summed E-state index contributed by atoms with van der Waals surface area (Å²) in [6.45, 7) is 7.86. The molecule has 1 aromatic rings. The van der Waals surface area contributed by atoms with Crippen LogP contribution < -0.4 is 0 Å². The molecule has 0 saturated heterocycles. The first kappa shape index (κ1) is 10.6. The zero-order valence-electron chi connectivity index (χ0n) is 9.05. The normalized spacial score (nSPS) is 11.1. The summed E-state index contributed by atoms with van der Waals surface area (Å²) in [7, 11) is 0. The molecule has 0 radical (unpaired) electrons. The Bertz CT molecular complexity index is 394. The molecule has 0 aliphatic rings. The molecule has 0 amide bonds. The number of phenols is 1. The van der Waals surface area contributed by atoms with Crippen molar-refractivity contribution in [3.63, 3.8) is 0 Å². The number of nitrogens with zero attached hydrogens (tertiary/aromatic N) is 1. The first-order chi connectivity index (χ1) is 6.38. The summed E-state index contributed by atoms with van der Waals surface area (Å²) < 4.78 is 0. The number of hydrogen-bond acceptors (Lipinski definition) is 2. The van der Waals surface area contributed by atoms with Gasteiger partial charge in [-0.3, -0.25) is 0 Å². The topological polar surface area (TPSA) is 44.0 Å². The molecular formula is C12H15NO. The molecular weight excluding hydrogens is 174 g/mol. The lowest BCUT2D eigenvalue weighted by molar-refractivity contribution is 0.444. The second kappa shape index (κ2) is 3.34. The lowest BCUT2D eigenvalue weighted by Crippen LogP contribution is -2.12. The number of aryl methyl sites for hydroxylation is 1.